The van der Waals surface area contributed by atoms with Crippen molar-refractivity contribution in [1.82, 2.24) is 4.98 Å². The van der Waals surface area contributed by atoms with Crippen LogP contribution in [0.2, 0.25) is 0 Å². The summed E-state index contributed by atoms with van der Waals surface area (Å²) >= 11 is 0. The van der Waals surface area contributed by atoms with Gasteiger partial charge in [0, 0.05) is 12.2 Å². The molecule has 1 N–H and O–H groups in total. The maximum Gasteiger partial charge on any atom is 0.0558 e. The Morgan fingerprint density at radius 1 is 1.15 bits per heavy atom. The SMILES string of the molecule is Cc1ccncc1NC(C)CC(C)(C)c1ccccc1. The van der Waals surface area contributed by atoms with Gasteiger partial charge in [0.25, 0.3) is 0 Å². The van der Waals surface area contributed by atoms with Gasteiger partial charge in [0.1, 0.15) is 0 Å². The lowest BCUT2D eigenvalue weighted by molar-refractivity contribution is 0.450. The minimum absolute atomic E-state index is 0.157. The second-order valence-electron chi connectivity index (χ2n) is 6.19. The Morgan fingerprint density at radius 2 is 1.85 bits per heavy atom. The highest BCUT2D eigenvalue weighted by Gasteiger charge is 2.23. The standard InChI is InChI=1S/C18H24N2/c1-14-10-11-19-13-17(14)20-15(2)12-18(3,4)16-8-6-5-7-9-16/h5-11,13,15,20H,12H2,1-4H3. The third-order valence-electron chi connectivity index (χ3n) is 3.81. The summed E-state index contributed by atoms with van der Waals surface area (Å²) < 4.78 is 0. The normalized spacial score (nSPS) is 13.0. The van der Waals surface area contributed by atoms with Gasteiger partial charge in [-0.3, -0.25) is 4.98 Å². The lowest BCUT2D eigenvalue weighted by Crippen LogP contribution is -2.28. The average Bonchev–Trinajstić information content (AvgIpc) is 2.42. The van der Waals surface area contributed by atoms with Crippen molar-refractivity contribution in [3.05, 3.63) is 59.9 Å². The fraction of sp³-hybridized carbons (Fsp3) is 0.389. The van der Waals surface area contributed by atoms with Crippen LogP contribution in [0.15, 0.2) is 48.8 Å². The molecule has 106 valence electrons. The van der Waals surface area contributed by atoms with Crippen molar-refractivity contribution in [2.45, 2.75) is 45.6 Å². The average molecular weight is 268 g/mol. The molecule has 2 aromatic rings. The number of aryl methyl sites for hydroxylation is 1. The molecule has 0 fully saturated rings. The molecule has 0 aliphatic rings. The lowest BCUT2D eigenvalue weighted by atomic mass is 9.79. The van der Waals surface area contributed by atoms with Gasteiger partial charge < -0.3 is 5.32 Å². The van der Waals surface area contributed by atoms with Crippen LogP contribution in [0.5, 0.6) is 0 Å². The molecule has 1 atom stereocenters. The third kappa shape index (κ3) is 3.60. The first-order chi connectivity index (χ1) is 9.49. The summed E-state index contributed by atoms with van der Waals surface area (Å²) in [6.07, 6.45) is 4.81. The van der Waals surface area contributed by atoms with Gasteiger partial charge in [-0.25, -0.2) is 0 Å². The monoisotopic (exact) mass is 268 g/mol. The highest BCUT2D eigenvalue weighted by Crippen LogP contribution is 2.29. The molecule has 0 saturated carbocycles. The Bertz CT molecular complexity index is 546. The number of nitrogens with zero attached hydrogens (tertiary/aromatic N) is 1. The fourth-order valence-electron chi connectivity index (χ4n) is 2.70. The van der Waals surface area contributed by atoms with Gasteiger partial charge in [0.15, 0.2) is 0 Å². The number of rotatable bonds is 5. The zero-order chi connectivity index (χ0) is 14.6. The maximum absolute atomic E-state index is 4.19. The summed E-state index contributed by atoms with van der Waals surface area (Å²) in [4.78, 5) is 4.19. The predicted molar refractivity (Wildman–Crippen MR) is 86.1 cm³/mol. The molecule has 0 saturated heterocycles. The highest BCUT2D eigenvalue weighted by molar-refractivity contribution is 5.48. The van der Waals surface area contributed by atoms with Crippen LogP contribution in [-0.2, 0) is 5.41 Å². The third-order valence-corrected chi connectivity index (χ3v) is 3.81. The lowest BCUT2D eigenvalue weighted by Gasteiger charge is -2.29. The summed E-state index contributed by atoms with van der Waals surface area (Å²) in [7, 11) is 0. The zero-order valence-electron chi connectivity index (χ0n) is 12.9. The van der Waals surface area contributed by atoms with Crippen molar-refractivity contribution in [2.75, 3.05) is 5.32 Å². The van der Waals surface area contributed by atoms with Crippen molar-refractivity contribution >= 4 is 5.69 Å². The van der Waals surface area contributed by atoms with E-state index in [1.807, 2.05) is 18.5 Å². The molecule has 0 aliphatic heterocycles. The van der Waals surface area contributed by atoms with E-state index >= 15 is 0 Å². The molecule has 0 spiro atoms. The first kappa shape index (κ1) is 14.6. The zero-order valence-corrected chi connectivity index (χ0v) is 12.9. The van der Waals surface area contributed by atoms with Crippen molar-refractivity contribution < 1.29 is 0 Å². The van der Waals surface area contributed by atoms with Gasteiger partial charge >= 0.3 is 0 Å². The Kier molecular flexibility index (Phi) is 4.43. The molecule has 0 radical (unpaired) electrons. The van der Waals surface area contributed by atoms with Crippen LogP contribution in [-0.4, -0.2) is 11.0 Å². The molecule has 2 rings (SSSR count). The number of anilines is 1. The first-order valence-electron chi connectivity index (χ1n) is 7.22. The summed E-state index contributed by atoms with van der Waals surface area (Å²) in [5.74, 6) is 0. The Hall–Kier alpha value is -1.83. The maximum atomic E-state index is 4.19. The summed E-state index contributed by atoms with van der Waals surface area (Å²) in [6.45, 7) is 8.95. The number of nitrogens with one attached hydrogen (secondary N) is 1. The van der Waals surface area contributed by atoms with Gasteiger partial charge in [-0.05, 0) is 42.9 Å². The van der Waals surface area contributed by atoms with Crippen LogP contribution < -0.4 is 5.32 Å². The molecule has 2 heteroatoms. The Labute approximate surface area is 122 Å². The summed E-state index contributed by atoms with van der Waals surface area (Å²) in [5, 5.41) is 3.57. The van der Waals surface area contributed by atoms with E-state index in [4.69, 9.17) is 0 Å². The molecule has 20 heavy (non-hydrogen) atoms. The fourth-order valence-corrected chi connectivity index (χ4v) is 2.70. The van der Waals surface area contributed by atoms with Gasteiger partial charge in [-0.2, -0.15) is 0 Å². The van der Waals surface area contributed by atoms with E-state index < -0.39 is 0 Å². The highest BCUT2D eigenvalue weighted by atomic mass is 14.9. The minimum atomic E-state index is 0.157. The van der Waals surface area contributed by atoms with Crippen molar-refractivity contribution in [1.29, 1.82) is 0 Å². The molecule has 1 heterocycles. The van der Waals surface area contributed by atoms with Crippen LogP contribution in [0.3, 0.4) is 0 Å². The number of pyridine rings is 1. The molecule has 1 aromatic heterocycles. The van der Waals surface area contributed by atoms with Crippen LogP contribution >= 0.6 is 0 Å². The van der Waals surface area contributed by atoms with Crippen molar-refractivity contribution in [2.24, 2.45) is 0 Å². The van der Waals surface area contributed by atoms with Gasteiger partial charge in [-0.1, -0.05) is 44.2 Å². The van der Waals surface area contributed by atoms with E-state index in [2.05, 4.69) is 68.3 Å². The van der Waals surface area contributed by atoms with Gasteiger partial charge in [0.2, 0.25) is 0 Å². The topological polar surface area (TPSA) is 24.9 Å². The van der Waals surface area contributed by atoms with Crippen LogP contribution in [0.1, 0.15) is 38.3 Å². The molecular weight excluding hydrogens is 244 g/mol. The molecule has 0 bridgehead atoms. The second-order valence-corrected chi connectivity index (χ2v) is 6.19. The smallest absolute Gasteiger partial charge is 0.0558 e. The van der Waals surface area contributed by atoms with Crippen LogP contribution in [0.4, 0.5) is 5.69 Å². The summed E-state index contributed by atoms with van der Waals surface area (Å²) in [6, 6.07) is 13.1. The largest absolute Gasteiger partial charge is 0.381 e. The molecule has 2 nitrogen and oxygen atoms in total. The van der Waals surface area contributed by atoms with E-state index in [0.717, 1.165) is 12.1 Å². The predicted octanol–water partition coefficient (Wildman–Crippen LogP) is 4.56. The minimum Gasteiger partial charge on any atom is -0.381 e. The van der Waals surface area contributed by atoms with E-state index in [0.29, 0.717) is 6.04 Å². The molecule has 1 unspecified atom stereocenters. The number of hydrogen-bond donors (Lipinski definition) is 1. The molecule has 0 amide bonds. The Balaban J connectivity index is 2.04. The number of hydrogen-bond acceptors (Lipinski definition) is 2. The summed E-state index contributed by atoms with van der Waals surface area (Å²) in [5.41, 5.74) is 3.91. The first-order valence-corrected chi connectivity index (χ1v) is 7.22. The van der Waals surface area contributed by atoms with E-state index in [1.165, 1.54) is 11.1 Å². The number of aromatic nitrogens is 1. The van der Waals surface area contributed by atoms with E-state index in [9.17, 15) is 0 Å². The number of benzene rings is 1. The van der Waals surface area contributed by atoms with Crippen LogP contribution in [0, 0.1) is 6.92 Å². The van der Waals surface area contributed by atoms with E-state index in [1.54, 1.807) is 0 Å². The van der Waals surface area contributed by atoms with Gasteiger partial charge in [-0.15, -0.1) is 0 Å². The van der Waals surface area contributed by atoms with Crippen LogP contribution in [0.25, 0.3) is 0 Å². The van der Waals surface area contributed by atoms with Gasteiger partial charge in [0.05, 0.1) is 11.9 Å². The van der Waals surface area contributed by atoms with E-state index in [-0.39, 0.29) is 5.41 Å². The molecule has 1 aromatic carbocycles. The van der Waals surface area contributed by atoms with Crippen molar-refractivity contribution in [3.63, 3.8) is 0 Å². The molecular formula is C18H24N2. The Morgan fingerprint density at radius 3 is 2.50 bits per heavy atom. The van der Waals surface area contributed by atoms with Crippen molar-refractivity contribution in [3.8, 4) is 0 Å². The quantitative estimate of drug-likeness (QED) is 0.860. The molecule has 0 aliphatic carbocycles. The second kappa shape index (κ2) is 6.08.